The fraction of sp³-hybridized carbons (Fsp3) is 0.588. The summed E-state index contributed by atoms with van der Waals surface area (Å²) in [6.07, 6.45) is 4.91. The highest BCUT2D eigenvalue weighted by molar-refractivity contribution is 5.85. The Labute approximate surface area is 133 Å². The number of nitrogens with one attached hydrogen (secondary N) is 1. The first kappa shape index (κ1) is 16.3. The third kappa shape index (κ3) is 5.01. The lowest BCUT2D eigenvalue weighted by molar-refractivity contribution is -0.129. The Morgan fingerprint density at radius 2 is 1.90 bits per heavy atom. The lowest BCUT2D eigenvalue weighted by Crippen LogP contribution is -2.37. The van der Waals surface area contributed by atoms with E-state index in [0.717, 1.165) is 38.4 Å². The number of amides is 1. The van der Waals surface area contributed by atoms with Gasteiger partial charge < -0.3 is 10.2 Å². The van der Waals surface area contributed by atoms with E-state index in [1.807, 2.05) is 4.90 Å². The standard InChI is InChI=1S/C17H24N2O.ClH/c20-17(12-18-11-15-6-7-15)19-9-8-16(13-19)10-14-4-2-1-3-5-14;/h1-5,15-16,18H,6-13H2;1H. The number of nitrogens with zero attached hydrogens (tertiary/aromatic N) is 1. The Morgan fingerprint density at radius 3 is 2.62 bits per heavy atom. The molecule has 2 fully saturated rings. The number of hydrogen-bond acceptors (Lipinski definition) is 2. The van der Waals surface area contributed by atoms with E-state index in [9.17, 15) is 4.79 Å². The first-order chi connectivity index (χ1) is 9.81. The molecule has 0 radical (unpaired) electrons. The van der Waals surface area contributed by atoms with Gasteiger partial charge in [0, 0.05) is 13.1 Å². The van der Waals surface area contributed by atoms with Gasteiger partial charge in [0.15, 0.2) is 0 Å². The van der Waals surface area contributed by atoms with Gasteiger partial charge in [0.05, 0.1) is 6.54 Å². The second-order valence-corrected chi connectivity index (χ2v) is 6.26. The Balaban J connectivity index is 0.00000161. The van der Waals surface area contributed by atoms with Gasteiger partial charge in [-0.15, -0.1) is 12.4 Å². The molecule has 3 nitrogen and oxygen atoms in total. The van der Waals surface area contributed by atoms with Crippen molar-refractivity contribution in [3.8, 4) is 0 Å². The van der Waals surface area contributed by atoms with Gasteiger partial charge >= 0.3 is 0 Å². The molecule has 1 saturated carbocycles. The van der Waals surface area contributed by atoms with E-state index in [2.05, 4.69) is 35.6 Å². The van der Waals surface area contributed by atoms with Gasteiger partial charge in [-0.3, -0.25) is 4.79 Å². The van der Waals surface area contributed by atoms with Gasteiger partial charge in [-0.25, -0.2) is 0 Å². The molecule has 0 spiro atoms. The highest BCUT2D eigenvalue weighted by Crippen LogP contribution is 2.27. The van der Waals surface area contributed by atoms with Gasteiger partial charge in [-0.2, -0.15) is 0 Å². The smallest absolute Gasteiger partial charge is 0.236 e. The summed E-state index contributed by atoms with van der Waals surface area (Å²) < 4.78 is 0. The highest BCUT2D eigenvalue weighted by atomic mass is 35.5. The number of rotatable bonds is 6. The van der Waals surface area contributed by atoms with Gasteiger partial charge in [0.25, 0.3) is 0 Å². The summed E-state index contributed by atoms with van der Waals surface area (Å²) in [6, 6.07) is 10.6. The molecule has 1 atom stereocenters. The van der Waals surface area contributed by atoms with Crippen LogP contribution in [0.1, 0.15) is 24.8 Å². The molecule has 2 aliphatic rings. The third-order valence-corrected chi connectivity index (χ3v) is 4.41. The maximum Gasteiger partial charge on any atom is 0.236 e. The van der Waals surface area contributed by atoms with Crippen LogP contribution >= 0.6 is 12.4 Å². The van der Waals surface area contributed by atoms with Gasteiger partial charge in [0.1, 0.15) is 0 Å². The molecule has 1 aliphatic carbocycles. The molecule has 1 aromatic rings. The van der Waals surface area contributed by atoms with Crippen molar-refractivity contribution in [2.45, 2.75) is 25.7 Å². The van der Waals surface area contributed by atoms with Crippen molar-refractivity contribution in [1.82, 2.24) is 10.2 Å². The minimum Gasteiger partial charge on any atom is -0.341 e. The van der Waals surface area contributed by atoms with Gasteiger partial charge in [-0.1, -0.05) is 30.3 Å². The van der Waals surface area contributed by atoms with E-state index >= 15 is 0 Å². The summed E-state index contributed by atoms with van der Waals surface area (Å²) in [5.41, 5.74) is 1.39. The van der Waals surface area contributed by atoms with Crippen LogP contribution in [0.4, 0.5) is 0 Å². The van der Waals surface area contributed by atoms with E-state index in [-0.39, 0.29) is 18.3 Å². The molecular weight excluding hydrogens is 284 g/mol. The van der Waals surface area contributed by atoms with Crippen LogP contribution in [0.2, 0.25) is 0 Å². The van der Waals surface area contributed by atoms with Crippen molar-refractivity contribution < 1.29 is 4.79 Å². The second kappa shape index (κ2) is 7.81. The molecule has 1 heterocycles. The van der Waals surface area contributed by atoms with Crippen LogP contribution in [0.5, 0.6) is 0 Å². The van der Waals surface area contributed by atoms with Crippen LogP contribution in [-0.4, -0.2) is 37.0 Å². The lowest BCUT2D eigenvalue weighted by atomic mass is 9.99. The zero-order valence-corrected chi connectivity index (χ0v) is 13.3. The molecule has 4 heteroatoms. The van der Waals surface area contributed by atoms with Crippen molar-refractivity contribution in [2.75, 3.05) is 26.2 Å². The number of carbonyl (C=O) groups excluding carboxylic acids is 1. The number of benzene rings is 1. The molecule has 1 N–H and O–H groups in total. The van der Waals surface area contributed by atoms with Gasteiger partial charge in [-0.05, 0) is 49.6 Å². The summed E-state index contributed by atoms with van der Waals surface area (Å²) in [6.45, 7) is 3.40. The first-order valence-corrected chi connectivity index (χ1v) is 7.83. The van der Waals surface area contributed by atoms with Gasteiger partial charge in [0.2, 0.25) is 5.91 Å². The fourth-order valence-electron chi connectivity index (χ4n) is 2.99. The molecule has 0 aromatic heterocycles. The average Bonchev–Trinajstić information content (AvgIpc) is 3.17. The number of likely N-dealkylation sites (tertiary alicyclic amines) is 1. The maximum atomic E-state index is 12.1. The van der Waals surface area contributed by atoms with Crippen molar-refractivity contribution in [3.63, 3.8) is 0 Å². The quantitative estimate of drug-likeness (QED) is 0.876. The van der Waals surface area contributed by atoms with E-state index in [4.69, 9.17) is 0 Å². The molecule has 0 bridgehead atoms. The van der Waals surface area contributed by atoms with E-state index in [1.165, 1.54) is 18.4 Å². The summed E-state index contributed by atoms with van der Waals surface area (Å²) >= 11 is 0. The van der Waals surface area contributed by atoms with Crippen molar-refractivity contribution >= 4 is 18.3 Å². The van der Waals surface area contributed by atoms with Crippen molar-refractivity contribution in [3.05, 3.63) is 35.9 Å². The molecule has 1 amide bonds. The Kier molecular flexibility index (Phi) is 6.07. The van der Waals surface area contributed by atoms with E-state index in [1.54, 1.807) is 0 Å². The number of hydrogen-bond donors (Lipinski definition) is 1. The van der Waals surface area contributed by atoms with Crippen LogP contribution in [0, 0.1) is 11.8 Å². The number of halogens is 1. The summed E-state index contributed by atoms with van der Waals surface area (Å²) in [5, 5.41) is 3.30. The monoisotopic (exact) mass is 308 g/mol. The third-order valence-electron chi connectivity index (χ3n) is 4.41. The summed E-state index contributed by atoms with van der Waals surface area (Å²) in [5.74, 6) is 1.75. The molecule has 21 heavy (non-hydrogen) atoms. The fourth-order valence-corrected chi connectivity index (χ4v) is 2.99. The molecule has 1 saturated heterocycles. The SMILES string of the molecule is Cl.O=C(CNCC1CC1)N1CCC(Cc2ccccc2)C1. The van der Waals surface area contributed by atoms with Crippen LogP contribution < -0.4 is 5.32 Å². The first-order valence-electron chi connectivity index (χ1n) is 7.83. The van der Waals surface area contributed by atoms with Crippen LogP contribution in [0.3, 0.4) is 0 Å². The largest absolute Gasteiger partial charge is 0.341 e. The molecule has 1 unspecified atom stereocenters. The molecular formula is C17H25ClN2O. The van der Waals surface area contributed by atoms with Crippen molar-refractivity contribution in [1.29, 1.82) is 0 Å². The minimum absolute atomic E-state index is 0. The Bertz CT molecular complexity index is 447. The topological polar surface area (TPSA) is 32.3 Å². The van der Waals surface area contributed by atoms with Crippen LogP contribution in [-0.2, 0) is 11.2 Å². The zero-order valence-electron chi connectivity index (χ0n) is 12.5. The predicted octanol–water partition coefficient (Wildman–Crippen LogP) is 2.50. The van der Waals surface area contributed by atoms with E-state index < -0.39 is 0 Å². The molecule has 1 aliphatic heterocycles. The lowest BCUT2D eigenvalue weighted by Gasteiger charge is -2.17. The number of carbonyl (C=O) groups is 1. The van der Waals surface area contributed by atoms with Crippen molar-refractivity contribution in [2.24, 2.45) is 11.8 Å². The maximum absolute atomic E-state index is 12.1. The van der Waals surface area contributed by atoms with Crippen LogP contribution in [0.15, 0.2) is 30.3 Å². The van der Waals surface area contributed by atoms with Crippen LogP contribution in [0.25, 0.3) is 0 Å². The Hall–Kier alpha value is -1.06. The predicted molar refractivity (Wildman–Crippen MR) is 87.7 cm³/mol. The average molecular weight is 309 g/mol. The normalized spacial score (nSPS) is 21.1. The van der Waals surface area contributed by atoms with E-state index in [0.29, 0.717) is 12.5 Å². The molecule has 3 rings (SSSR count). The summed E-state index contributed by atoms with van der Waals surface area (Å²) in [4.78, 5) is 14.1. The Morgan fingerprint density at radius 1 is 1.14 bits per heavy atom. The zero-order chi connectivity index (χ0) is 13.8. The minimum atomic E-state index is 0. The molecule has 116 valence electrons. The second-order valence-electron chi connectivity index (χ2n) is 6.26. The highest BCUT2D eigenvalue weighted by Gasteiger charge is 2.26. The molecule has 1 aromatic carbocycles. The summed E-state index contributed by atoms with van der Waals surface area (Å²) in [7, 11) is 0.